The van der Waals surface area contributed by atoms with Crippen LogP contribution in [0.3, 0.4) is 0 Å². The number of amides is 2. The van der Waals surface area contributed by atoms with Gasteiger partial charge in [0.15, 0.2) is 0 Å². The Morgan fingerprint density at radius 3 is 2.37 bits per heavy atom. The maximum atomic E-state index is 13.3. The zero-order chi connectivity index (χ0) is 21.7. The highest BCUT2D eigenvalue weighted by Gasteiger charge is 2.43. The summed E-state index contributed by atoms with van der Waals surface area (Å²) in [6.07, 6.45) is 1.04. The van der Waals surface area contributed by atoms with Gasteiger partial charge in [0.05, 0.1) is 23.5 Å². The number of benzene rings is 1. The predicted molar refractivity (Wildman–Crippen MR) is 112 cm³/mol. The number of rotatable bonds is 3. The minimum absolute atomic E-state index is 0.0468. The topological polar surface area (TPSA) is 87.2 Å². The molecule has 0 spiro atoms. The summed E-state index contributed by atoms with van der Waals surface area (Å²) in [5.41, 5.74) is 0.722. The van der Waals surface area contributed by atoms with Crippen LogP contribution in [0, 0.1) is 5.92 Å². The number of nitrogens with zero attached hydrogens (tertiary/aromatic N) is 3. The molecule has 0 N–H and O–H groups in total. The number of carbonyl (C=O) groups is 2. The lowest BCUT2D eigenvalue weighted by molar-refractivity contribution is -0.140. The van der Waals surface area contributed by atoms with Gasteiger partial charge in [-0.05, 0) is 50.5 Å². The minimum atomic E-state index is -3.68. The van der Waals surface area contributed by atoms with Crippen molar-refractivity contribution in [2.75, 3.05) is 51.3 Å². The van der Waals surface area contributed by atoms with E-state index in [2.05, 4.69) is 0 Å². The summed E-state index contributed by atoms with van der Waals surface area (Å²) in [6.45, 7) is 6.61. The van der Waals surface area contributed by atoms with Gasteiger partial charge in [0.1, 0.15) is 0 Å². The number of likely N-dealkylation sites (N-methyl/N-ethyl adjacent to an activating group) is 1. The van der Waals surface area contributed by atoms with Crippen molar-refractivity contribution in [1.29, 1.82) is 0 Å². The number of piperidine rings is 1. The molecule has 2 amide bonds. The van der Waals surface area contributed by atoms with E-state index in [0.29, 0.717) is 52.2 Å². The van der Waals surface area contributed by atoms with E-state index in [1.807, 2.05) is 18.7 Å². The lowest BCUT2D eigenvalue weighted by atomic mass is 9.86. The zero-order valence-corrected chi connectivity index (χ0v) is 18.6. The molecule has 30 heavy (non-hydrogen) atoms. The van der Waals surface area contributed by atoms with E-state index in [9.17, 15) is 18.0 Å². The highest BCUT2D eigenvalue weighted by Crippen LogP contribution is 2.42. The standard InChI is InChI=1S/C21H29N3O5S/c1-21(2)17-14-16(4-5-18(17)22(3)20(21)26)30(27,28)24-8-6-15(7-9-24)19(25)23-10-12-29-13-11-23/h4-5,14-15H,6-13H2,1-3H3. The quantitative estimate of drug-likeness (QED) is 0.712. The molecular formula is C21H29N3O5S. The normalized spacial score (nSPS) is 23.0. The van der Waals surface area contributed by atoms with E-state index in [1.54, 1.807) is 30.1 Å². The van der Waals surface area contributed by atoms with Gasteiger partial charge in [-0.25, -0.2) is 8.42 Å². The van der Waals surface area contributed by atoms with Crippen LogP contribution in [-0.4, -0.2) is 75.9 Å². The number of carbonyl (C=O) groups excluding carboxylic acids is 2. The summed E-state index contributed by atoms with van der Waals surface area (Å²) >= 11 is 0. The average molecular weight is 436 g/mol. The maximum absolute atomic E-state index is 13.3. The van der Waals surface area contributed by atoms with Gasteiger partial charge in [-0.3, -0.25) is 9.59 Å². The molecule has 164 valence electrons. The molecule has 4 rings (SSSR count). The van der Waals surface area contributed by atoms with Crippen molar-refractivity contribution < 1.29 is 22.7 Å². The first-order chi connectivity index (χ1) is 14.1. The Balaban J connectivity index is 1.49. The SMILES string of the molecule is CN1C(=O)C(C)(C)c2cc(S(=O)(=O)N3CCC(C(=O)N4CCOCC4)CC3)ccc21. The second-order valence-electron chi connectivity index (χ2n) is 8.78. The smallest absolute Gasteiger partial charge is 0.243 e. The molecule has 1 aromatic rings. The third kappa shape index (κ3) is 3.42. The molecule has 3 aliphatic rings. The van der Waals surface area contributed by atoms with Gasteiger partial charge in [0.2, 0.25) is 21.8 Å². The van der Waals surface area contributed by atoms with Crippen molar-refractivity contribution in [3.05, 3.63) is 23.8 Å². The fraction of sp³-hybridized carbons (Fsp3) is 0.619. The van der Waals surface area contributed by atoms with Crippen molar-refractivity contribution in [3.63, 3.8) is 0 Å². The van der Waals surface area contributed by atoms with Gasteiger partial charge >= 0.3 is 0 Å². The highest BCUT2D eigenvalue weighted by molar-refractivity contribution is 7.89. The monoisotopic (exact) mass is 435 g/mol. The molecule has 2 fully saturated rings. The Hall–Kier alpha value is -1.97. The first kappa shape index (κ1) is 21.3. The third-order valence-electron chi connectivity index (χ3n) is 6.61. The Morgan fingerprint density at radius 2 is 1.73 bits per heavy atom. The molecule has 8 nitrogen and oxygen atoms in total. The van der Waals surface area contributed by atoms with Crippen LogP contribution in [-0.2, 0) is 29.8 Å². The first-order valence-electron chi connectivity index (χ1n) is 10.4. The van der Waals surface area contributed by atoms with Crippen molar-refractivity contribution >= 4 is 27.5 Å². The fourth-order valence-electron chi connectivity index (χ4n) is 4.65. The molecule has 0 atom stereocenters. The predicted octanol–water partition coefficient (Wildman–Crippen LogP) is 1.20. The molecule has 0 unspecified atom stereocenters. The second kappa shape index (κ2) is 7.62. The third-order valence-corrected chi connectivity index (χ3v) is 8.50. The number of hydrogen-bond donors (Lipinski definition) is 0. The highest BCUT2D eigenvalue weighted by atomic mass is 32.2. The second-order valence-corrected chi connectivity index (χ2v) is 10.7. The van der Waals surface area contributed by atoms with E-state index in [4.69, 9.17) is 4.74 Å². The number of morpholine rings is 1. The van der Waals surface area contributed by atoms with Gasteiger partial charge in [-0.2, -0.15) is 4.31 Å². The van der Waals surface area contributed by atoms with E-state index >= 15 is 0 Å². The van der Waals surface area contributed by atoms with Crippen LogP contribution >= 0.6 is 0 Å². The van der Waals surface area contributed by atoms with Crippen molar-refractivity contribution in [2.45, 2.75) is 37.0 Å². The number of ether oxygens (including phenoxy) is 1. The van der Waals surface area contributed by atoms with Crippen LogP contribution in [0.25, 0.3) is 0 Å². The molecule has 3 aliphatic heterocycles. The van der Waals surface area contributed by atoms with Gasteiger partial charge in [0, 0.05) is 44.8 Å². The summed E-state index contributed by atoms with van der Waals surface area (Å²) in [5.74, 6) is -0.0783. The largest absolute Gasteiger partial charge is 0.378 e. The number of fused-ring (bicyclic) bond motifs is 1. The molecule has 0 bridgehead atoms. The van der Waals surface area contributed by atoms with Crippen molar-refractivity contribution in [3.8, 4) is 0 Å². The van der Waals surface area contributed by atoms with Crippen molar-refractivity contribution in [1.82, 2.24) is 9.21 Å². The van der Waals surface area contributed by atoms with E-state index in [0.717, 1.165) is 11.3 Å². The van der Waals surface area contributed by atoms with Crippen LogP contribution in [0.15, 0.2) is 23.1 Å². The summed E-state index contributed by atoms with van der Waals surface area (Å²) in [4.78, 5) is 28.8. The molecule has 0 saturated carbocycles. The summed E-state index contributed by atoms with van der Waals surface area (Å²) in [6, 6.07) is 4.92. The Bertz CT molecular complexity index is 961. The fourth-order valence-corrected chi connectivity index (χ4v) is 6.14. The summed E-state index contributed by atoms with van der Waals surface area (Å²) < 4.78 is 33.3. The van der Waals surface area contributed by atoms with Crippen molar-refractivity contribution in [2.24, 2.45) is 5.92 Å². The molecule has 9 heteroatoms. The number of anilines is 1. The Labute approximate surface area is 177 Å². The van der Waals surface area contributed by atoms with E-state index in [1.165, 1.54) is 4.31 Å². The van der Waals surface area contributed by atoms with Crippen LogP contribution in [0.1, 0.15) is 32.3 Å². The first-order valence-corrected chi connectivity index (χ1v) is 11.9. The molecule has 3 heterocycles. The van der Waals surface area contributed by atoms with Crippen LogP contribution in [0.2, 0.25) is 0 Å². The summed E-state index contributed by atoms with van der Waals surface area (Å²) in [5, 5.41) is 0. The van der Waals surface area contributed by atoms with Crippen LogP contribution in [0.5, 0.6) is 0 Å². The van der Waals surface area contributed by atoms with Crippen LogP contribution in [0.4, 0.5) is 5.69 Å². The number of hydrogen-bond acceptors (Lipinski definition) is 5. The van der Waals surface area contributed by atoms with Gasteiger partial charge in [-0.15, -0.1) is 0 Å². The summed E-state index contributed by atoms with van der Waals surface area (Å²) in [7, 11) is -1.98. The molecule has 0 aliphatic carbocycles. The molecule has 0 aromatic heterocycles. The van der Waals surface area contributed by atoms with E-state index in [-0.39, 0.29) is 22.6 Å². The average Bonchev–Trinajstić information content (AvgIpc) is 2.94. The van der Waals surface area contributed by atoms with Crippen LogP contribution < -0.4 is 4.90 Å². The van der Waals surface area contributed by atoms with Gasteiger partial charge in [0.25, 0.3) is 0 Å². The zero-order valence-electron chi connectivity index (χ0n) is 17.8. The number of sulfonamides is 1. The Morgan fingerprint density at radius 1 is 1.10 bits per heavy atom. The molecule has 1 aromatic carbocycles. The molecular weight excluding hydrogens is 406 g/mol. The lowest BCUT2D eigenvalue weighted by Gasteiger charge is -2.35. The van der Waals surface area contributed by atoms with E-state index < -0.39 is 15.4 Å². The lowest BCUT2D eigenvalue weighted by Crippen LogP contribution is -2.47. The molecule has 0 radical (unpaired) electrons. The maximum Gasteiger partial charge on any atom is 0.243 e. The van der Waals surface area contributed by atoms with Gasteiger partial charge in [-0.1, -0.05) is 0 Å². The Kier molecular flexibility index (Phi) is 5.40. The molecule has 2 saturated heterocycles. The van der Waals surface area contributed by atoms with Gasteiger partial charge < -0.3 is 14.5 Å². The minimum Gasteiger partial charge on any atom is -0.378 e.